The van der Waals surface area contributed by atoms with Crippen LogP contribution in [-0.4, -0.2) is 29.8 Å². The molecule has 0 saturated carbocycles. The highest BCUT2D eigenvalue weighted by Crippen LogP contribution is 2.08. The van der Waals surface area contributed by atoms with Gasteiger partial charge in [-0.2, -0.15) is 0 Å². The van der Waals surface area contributed by atoms with Crippen LogP contribution in [0, 0.1) is 0 Å². The summed E-state index contributed by atoms with van der Waals surface area (Å²) in [6.45, 7) is 6.25. The van der Waals surface area contributed by atoms with E-state index in [1.54, 1.807) is 0 Å². The van der Waals surface area contributed by atoms with Crippen molar-refractivity contribution in [3.63, 3.8) is 0 Å². The first-order valence-corrected chi connectivity index (χ1v) is 9.13. The van der Waals surface area contributed by atoms with Crippen LogP contribution in [0.5, 0.6) is 0 Å². The summed E-state index contributed by atoms with van der Waals surface area (Å²) in [6, 6.07) is 0. The number of halogens is 1. The van der Waals surface area contributed by atoms with Crippen molar-refractivity contribution in [1.82, 2.24) is 4.90 Å². The Labute approximate surface area is 131 Å². The molecule has 0 unspecified atom stereocenters. The van der Waals surface area contributed by atoms with Crippen LogP contribution in [0.4, 0.5) is 0 Å². The van der Waals surface area contributed by atoms with Gasteiger partial charge in [0.1, 0.15) is 5.88 Å². The lowest BCUT2D eigenvalue weighted by molar-refractivity contribution is -0.128. The Morgan fingerprint density at radius 3 is 1.55 bits per heavy atom. The molecular formula is C17H34ClNO. The molecule has 0 saturated heterocycles. The molecule has 3 heteroatoms. The molecule has 0 aliphatic rings. The molecule has 0 aromatic carbocycles. The van der Waals surface area contributed by atoms with E-state index < -0.39 is 0 Å². The summed E-state index contributed by atoms with van der Waals surface area (Å²) >= 11 is 5.70. The molecule has 0 bridgehead atoms. The number of nitrogens with zero attached hydrogens (tertiary/aromatic N) is 1. The van der Waals surface area contributed by atoms with E-state index in [4.69, 9.17) is 11.6 Å². The number of amides is 1. The number of carbonyl (C=O) groups excluding carboxylic acids is 1. The average Bonchev–Trinajstić information content (AvgIpc) is 2.47. The lowest BCUT2D eigenvalue weighted by atomic mass is 10.1. The SMILES string of the molecule is CCCCCCCCN(CCCCCCC)C(=O)CCl. The number of alkyl halides is 1. The first kappa shape index (κ1) is 19.8. The Hall–Kier alpha value is -0.240. The van der Waals surface area contributed by atoms with Crippen molar-refractivity contribution < 1.29 is 4.79 Å². The van der Waals surface area contributed by atoms with E-state index in [1.165, 1.54) is 57.8 Å². The molecule has 120 valence electrons. The van der Waals surface area contributed by atoms with Gasteiger partial charge >= 0.3 is 0 Å². The van der Waals surface area contributed by atoms with Gasteiger partial charge in [-0.1, -0.05) is 71.6 Å². The second kappa shape index (κ2) is 15.2. The van der Waals surface area contributed by atoms with Crippen molar-refractivity contribution >= 4 is 17.5 Å². The third-order valence-electron chi connectivity index (χ3n) is 3.78. The van der Waals surface area contributed by atoms with E-state index >= 15 is 0 Å². The normalized spacial score (nSPS) is 10.8. The number of hydrogen-bond acceptors (Lipinski definition) is 1. The standard InChI is InChI=1S/C17H34ClNO/c1-3-5-7-9-11-13-15-19(17(20)16-18)14-12-10-8-6-4-2/h3-16H2,1-2H3. The second-order valence-corrected chi connectivity index (χ2v) is 5.96. The van der Waals surface area contributed by atoms with Crippen molar-refractivity contribution in [3.05, 3.63) is 0 Å². The number of unbranched alkanes of at least 4 members (excludes halogenated alkanes) is 9. The fourth-order valence-corrected chi connectivity index (χ4v) is 2.60. The highest BCUT2D eigenvalue weighted by Gasteiger charge is 2.11. The lowest BCUT2D eigenvalue weighted by Gasteiger charge is -2.21. The van der Waals surface area contributed by atoms with Crippen LogP contribution < -0.4 is 0 Å². The number of rotatable bonds is 14. The van der Waals surface area contributed by atoms with E-state index in [9.17, 15) is 4.79 Å². The minimum absolute atomic E-state index is 0.107. The summed E-state index contributed by atoms with van der Waals surface area (Å²) in [6.07, 6.45) is 13.8. The summed E-state index contributed by atoms with van der Waals surface area (Å²) in [4.78, 5) is 13.8. The fraction of sp³-hybridized carbons (Fsp3) is 0.941. The molecule has 0 heterocycles. The van der Waals surface area contributed by atoms with Crippen molar-refractivity contribution in [3.8, 4) is 0 Å². The Bertz CT molecular complexity index is 221. The number of hydrogen-bond donors (Lipinski definition) is 0. The summed E-state index contributed by atoms with van der Waals surface area (Å²) in [7, 11) is 0. The van der Waals surface area contributed by atoms with Crippen LogP contribution in [0.3, 0.4) is 0 Å². The molecule has 0 aliphatic carbocycles. The van der Waals surface area contributed by atoms with Crippen LogP contribution in [0.1, 0.15) is 84.5 Å². The lowest BCUT2D eigenvalue weighted by Crippen LogP contribution is -2.33. The smallest absolute Gasteiger partial charge is 0.237 e. The maximum atomic E-state index is 11.8. The zero-order valence-electron chi connectivity index (χ0n) is 13.6. The highest BCUT2D eigenvalue weighted by molar-refractivity contribution is 6.27. The van der Waals surface area contributed by atoms with Crippen LogP contribution >= 0.6 is 11.6 Å². The Balaban J connectivity index is 3.71. The maximum absolute atomic E-state index is 11.8. The molecule has 0 aliphatic heterocycles. The first-order valence-electron chi connectivity index (χ1n) is 8.60. The van der Waals surface area contributed by atoms with Gasteiger partial charge in [0.05, 0.1) is 0 Å². The van der Waals surface area contributed by atoms with E-state index in [-0.39, 0.29) is 11.8 Å². The van der Waals surface area contributed by atoms with E-state index in [0.29, 0.717) is 0 Å². The average molecular weight is 304 g/mol. The molecule has 0 rings (SSSR count). The van der Waals surface area contributed by atoms with Crippen LogP contribution in [0.25, 0.3) is 0 Å². The van der Waals surface area contributed by atoms with Crippen molar-refractivity contribution in [2.75, 3.05) is 19.0 Å². The second-order valence-electron chi connectivity index (χ2n) is 5.70. The topological polar surface area (TPSA) is 20.3 Å². The summed E-state index contributed by atoms with van der Waals surface area (Å²) in [5.41, 5.74) is 0. The third-order valence-corrected chi connectivity index (χ3v) is 4.01. The molecular weight excluding hydrogens is 270 g/mol. The molecule has 0 fully saturated rings. The molecule has 0 spiro atoms. The highest BCUT2D eigenvalue weighted by atomic mass is 35.5. The van der Waals surface area contributed by atoms with E-state index in [1.807, 2.05) is 4.90 Å². The van der Waals surface area contributed by atoms with Crippen LogP contribution in [0.2, 0.25) is 0 Å². The van der Waals surface area contributed by atoms with Gasteiger partial charge in [-0.3, -0.25) is 4.79 Å². The van der Waals surface area contributed by atoms with Gasteiger partial charge in [-0.15, -0.1) is 11.6 Å². The Kier molecular flexibility index (Phi) is 15.0. The Morgan fingerprint density at radius 1 is 0.750 bits per heavy atom. The molecule has 1 amide bonds. The molecule has 0 radical (unpaired) electrons. The molecule has 2 nitrogen and oxygen atoms in total. The van der Waals surface area contributed by atoms with Crippen LogP contribution in [0.15, 0.2) is 0 Å². The first-order chi connectivity index (χ1) is 9.76. The van der Waals surface area contributed by atoms with Crippen molar-refractivity contribution in [2.24, 2.45) is 0 Å². The van der Waals surface area contributed by atoms with Crippen molar-refractivity contribution in [1.29, 1.82) is 0 Å². The monoisotopic (exact) mass is 303 g/mol. The minimum atomic E-state index is 0.107. The summed E-state index contributed by atoms with van der Waals surface area (Å²) in [5, 5.41) is 0. The zero-order chi connectivity index (χ0) is 15.1. The van der Waals surface area contributed by atoms with Gasteiger partial charge in [0.2, 0.25) is 5.91 Å². The van der Waals surface area contributed by atoms with Gasteiger partial charge in [0.25, 0.3) is 0 Å². The summed E-state index contributed by atoms with van der Waals surface area (Å²) < 4.78 is 0. The minimum Gasteiger partial charge on any atom is -0.342 e. The van der Waals surface area contributed by atoms with Gasteiger partial charge in [-0.05, 0) is 12.8 Å². The predicted octanol–water partition coefficient (Wildman–Crippen LogP) is 5.38. The molecule has 0 aromatic rings. The van der Waals surface area contributed by atoms with Crippen molar-refractivity contribution in [2.45, 2.75) is 84.5 Å². The van der Waals surface area contributed by atoms with Crippen LogP contribution in [-0.2, 0) is 4.79 Å². The van der Waals surface area contributed by atoms with Gasteiger partial charge in [-0.25, -0.2) is 0 Å². The Morgan fingerprint density at radius 2 is 1.15 bits per heavy atom. The largest absolute Gasteiger partial charge is 0.342 e. The fourth-order valence-electron chi connectivity index (χ4n) is 2.43. The predicted molar refractivity (Wildman–Crippen MR) is 89.4 cm³/mol. The number of carbonyl (C=O) groups is 1. The quantitative estimate of drug-likeness (QED) is 0.311. The molecule has 20 heavy (non-hydrogen) atoms. The van der Waals surface area contributed by atoms with Gasteiger partial charge in [0.15, 0.2) is 0 Å². The van der Waals surface area contributed by atoms with E-state index in [0.717, 1.165) is 25.9 Å². The van der Waals surface area contributed by atoms with Gasteiger partial charge < -0.3 is 4.90 Å². The van der Waals surface area contributed by atoms with Gasteiger partial charge in [0, 0.05) is 13.1 Å². The molecule has 0 aromatic heterocycles. The molecule has 0 atom stereocenters. The maximum Gasteiger partial charge on any atom is 0.237 e. The zero-order valence-corrected chi connectivity index (χ0v) is 14.4. The third kappa shape index (κ3) is 11.6. The molecule has 0 N–H and O–H groups in total. The van der Waals surface area contributed by atoms with E-state index in [2.05, 4.69) is 13.8 Å². The summed E-state index contributed by atoms with van der Waals surface area (Å²) in [5.74, 6) is 0.237.